The molecule has 1 unspecified atom stereocenters. The molecule has 0 bridgehead atoms. The van der Waals surface area contributed by atoms with E-state index in [0.717, 1.165) is 5.56 Å². The Morgan fingerprint density at radius 1 is 1.08 bits per heavy atom. The first kappa shape index (κ1) is 26.7. The molecule has 0 aliphatic carbocycles. The number of ether oxygens (including phenoxy) is 4. The van der Waals surface area contributed by atoms with E-state index in [1.54, 1.807) is 42.4 Å². The molecule has 0 saturated carbocycles. The van der Waals surface area contributed by atoms with E-state index in [9.17, 15) is 14.4 Å². The fraction of sp³-hybridized carbons (Fsp3) is 0.370. The fourth-order valence-electron chi connectivity index (χ4n) is 3.82. The summed E-state index contributed by atoms with van der Waals surface area (Å²) in [5.41, 5.74) is 1.30. The van der Waals surface area contributed by atoms with Crippen LogP contribution in [0.4, 0.5) is 0 Å². The van der Waals surface area contributed by atoms with E-state index in [1.807, 2.05) is 24.3 Å². The Hall–Kier alpha value is -3.85. The minimum Gasteiger partial charge on any atom is -0.497 e. The van der Waals surface area contributed by atoms with Gasteiger partial charge in [0.15, 0.2) is 0 Å². The van der Waals surface area contributed by atoms with Gasteiger partial charge < -0.3 is 28.7 Å². The summed E-state index contributed by atoms with van der Waals surface area (Å²) in [7, 11) is 2.90. The molecule has 0 aromatic heterocycles. The van der Waals surface area contributed by atoms with Crippen LogP contribution >= 0.6 is 0 Å². The van der Waals surface area contributed by atoms with Crippen LogP contribution in [0.15, 0.2) is 61.2 Å². The SMILES string of the molecule is C=CCOc1cccc(C(=O)N2CC(=O)N(CCC(=O)OC)CC(OCc3cccc(OC)c3)C2)c1. The van der Waals surface area contributed by atoms with Gasteiger partial charge in [0.1, 0.15) is 24.7 Å². The highest BCUT2D eigenvalue weighted by Crippen LogP contribution is 2.19. The molecule has 0 radical (unpaired) electrons. The van der Waals surface area contributed by atoms with Crippen LogP contribution < -0.4 is 9.47 Å². The van der Waals surface area contributed by atoms with Crippen molar-refractivity contribution in [2.45, 2.75) is 19.1 Å². The van der Waals surface area contributed by atoms with Gasteiger partial charge in [-0.1, -0.05) is 30.9 Å². The molecule has 2 aromatic rings. The highest BCUT2D eigenvalue weighted by molar-refractivity contribution is 5.97. The minimum absolute atomic E-state index is 0.0570. The number of rotatable bonds is 11. The van der Waals surface area contributed by atoms with Crippen molar-refractivity contribution in [2.75, 3.05) is 47.0 Å². The molecule has 2 amide bonds. The zero-order valence-electron chi connectivity index (χ0n) is 20.7. The molecule has 2 aromatic carbocycles. The maximum atomic E-state index is 13.4. The third-order valence-corrected chi connectivity index (χ3v) is 5.70. The Bertz CT molecular complexity index is 1070. The van der Waals surface area contributed by atoms with Crippen molar-refractivity contribution in [3.05, 3.63) is 72.3 Å². The number of amides is 2. The van der Waals surface area contributed by atoms with Gasteiger partial charge in [-0.15, -0.1) is 0 Å². The van der Waals surface area contributed by atoms with Gasteiger partial charge in [-0.3, -0.25) is 14.4 Å². The van der Waals surface area contributed by atoms with Gasteiger partial charge in [0.05, 0.1) is 33.4 Å². The summed E-state index contributed by atoms with van der Waals surface area (Å²) in [6.07, 6.45) is 1.21. The average molecular weight is 497 g/mol. The number of hydrogen-bond donors (Lipinski definition) is 0. The lowest BCUT2D eigenvalue weighted by Gasteiger charge is -2.25. The number of carbonyl (C=O) groups excluding carboxylic acids is 3. The number of hydrogen-bond acceptors (Lipinski definition) is 7. The van der Waals surface area contributed by atoms with Crippen LogP contribution in [0, 0.1) is 0 Å². The van der Waals surface area contributed by atoms with Crippen LogP contribution in [0.5, 0.6) is 11.5 Å². The molecular formula is C27H32N2O7. The normalized spacial score (nSPS) is 15.7. The van der Waals surface area contributed by atoms with E-state index in [2.05, 4.69) is 6.58 Å². The predicted molar refractivity (Wildman–Crippen MR) is 133 cm³/mol. The Balaban J connectivity index is 1.78. The topological polar surface area (TPSA) is 94.6 Å². The molecule has 9 nitrogen and oxygen atoms in total. The molecule has 192 valence electrons. The lowest BCUT2D eigenvalue weighted by atomic mass is 10.1. The molecule has 0 spiro atoms. The Kier molecular flexibility index (Phi) is 9.88. The van der Waals surface area contributed by atoms with E-state index < -0.39 is 12.1 Å². The summed E-state index contributed by atoms with van der Waals surface area (Å²) in [5.74, 6) is 0.260. The molecule has 1 aliphatic heterocycles. The van der Waals surface area contributed by atoms with Crippen LogP contribution in [0.25, 0.3) is 0 Å². The second-order valence-corrected chi connectivity index (χ2v) is 8.26. The van der Waals surface area contributed by atoms with Gasteiger partial charge in [0, 0.05) is 25.2 Å². The molecule has 36 heavy (non-hydrogen) atoms. The average Bonchev–Trinajstić information content (AvgIpc) is 3.07. The van der Waals surface area contributed by atoms with Gasteiger partial charge in [-0.05, 0) is 35.9 Å². The Morgan fingerprint density at radius 2 is 1.86 bits per heavy atom. The van der Waals surface area contributed by atoms with Crippen molar-refractivity contribution in [1.82, 2.24) is 9.80 Å². The van der Waals surface area contributed by atoms with Crippen molar-refractivity contribution in [3.63, 3.8) is 0 Å². The van der Waals surface area contributed by atoms with E-state index in [0.29, 0.717) is 23.7 Å². The summed E-state index contributed by atoms with van der Waals surface area (Å²) >= 11 is 0. The van der Waals surface area contributed by atoms with Gasteiger partial charge in [0.2, 0.25) is 5.91 Å². The molecular weight excluding hydrogens is 464 g/mol. The highest BCUT2D eigenvalue weighted by atomic mass is 16.5. The monoisotopic (exact) mass is 496 g/mol. The lowest BCUT2D eigenvalue weighted by molar-refractivity contribution is -0.142. The number of carbonyl (C=O) groups is 3. The third-order valence-electron chi connectivity index (χ3n) is 5.70. The smallest absolute Gasteiger partial charge is 0.307 e. The van der Waals surface area contributed by atoms with Crippen molar-refractivity contribution >= 4 is 17.8 Å². The fourth-order valence-corrected chi connectivity index (χ4v) is 3.82. The maximum absolute atomic E-state index is 13.4. The zero-order chi connectivity index (χ0) is 25.9. The molecule has 1 heterocycles. The van der Waals surface area contributed by atoms with Gasteiger partial charge >= 0.3 is 5.97 Å². The second kappa shape index (κ2) is 13.3. The summed E-state index contributed by atoms with van der Waals surface area (Å²) < 4.78 is 21.7. The van der Waals surface area contributed by atoms with E-state index in [4.69, 9.17) is 18.9 Å². The zero-order valence-corrected chi connectivity index (χ0v) is 20.7. The number of nitrogens with zero attached hydrogens (tertiary/aromatic N) is 2. The Labute approximate surface area is 211 Å². The summed E-state index contributed by atoms with van der Waals surface area (Å²) in [5, 5.41) is 0. The largest absolute Gasteiger partial charge is 0.497 e. The molecule has 1 atom stereocenters. The van der Waals surface area contributed by atoms with Gasteiger partial charge in [-0.2, -0.15) is 0 Å². The maximum Gasteiger partial charge on any atom is 0.307 e. The minimum atomic E-state index is -0.468. The van der Waals surface area contributed by atoms with Crippen LogP contribution in [0.3, 0.4) is 0 Å². The van der Waals surface area contributed by atoms with Crippen LogP contribution in [-0.4, -0.2) is 80.7 Å². The van der Waals surface area contributed by atoms with Gasteiger partial charge in [-0.25, -0.2) is 0 Å². The molecule has 0 N–H and O–H groups in total. The predicted octanol–water partition coefficient (Wildman–Crippen LogP) is 2.69. The third kappa shape index (κ3) is 7.58. The lowest BCUT2D eigenvalue weighted by Crippen LogP contribution is -2.40. The van der Waals surface area contributed by atoms with Crippen molar-refractivity contribution in [3.8, 4) is 11.5 Å². The van der Waals surface area contributed by atoms with E-state index in [1.165, 1.54) is 12.0 Å². The van der Waals surface area contributed by atoms with Crippen molar-refractivity contribution in [1.29, 1.82) is 0 Å². The van der Waals surface area contributed by atoms with Crippen molar-refractivity contribution in [2.24, 2.45) is 0 Å². The van der Waals surface area contributed by atoms with Crippen LogP contribution in [-0.2, 0) is 25.7 Å². The standard InChI is InChI=1S/C27H32N2O7/c1-4-13-35-23-10-6-8-21(15-23)27(32)29-17-24(36-19-20-7-5-9-22(14-20)33-2)16-28(25(30)18-29)12-11-26(31)34-3/h4-10,14-15,24H,1,11-13,16-19H2,2-3H3. The number of methoxy groups -OCH3 is 2. The molecule has 1 saturated heterocycles. The second-order valence-electron chi connectivity index (χ2n) is 8.26. The summed E-state index contributed by atoms with van der Waals surface area (Å²) in [6.45, 7) is 4.72. The summed E-state index contributed by atoms with van der Waals surface area (Å²) in [4.78, 5) is 41.1. The molecule has 3 rings (SSSR count). The highest BCUT2D eigenvalue weighted by Gasteiger charge is 2.31. The number of benzene rings is 2. The first-order valence-electron chi connectivity index (χ1n) is 11.7. The molecule has 1 aliphatic rings. The van der Waals surface area contributed by atoms with E-state index >= 15 is 0 Å². The van der Waals surface area contributed by atoms with Crippen LogP contribution in [0.1, 0.15) is 22.3 Å². The van der Waals surface area contributed by atoms with Gasteiger partial charge in [0.25, 0.3) is 5.91 Å². The van der Waals surface area contributed by atoms with Crippen molar-refractivity contribution < 1.29 is 33.3 Å². The molecule has 9 heteroatoms. The first-order valence-corrected chi connectivity index (χ1v) is 11.7. The number of esters is 1. The van der Waals surface area contributed by atoms with Crippen LogP contribution in [0.2, 0.25) is 0 Å². The Morgan fingerprint density at radius 3 is 2.61 bits per heavy atom. The summed E-state index contributed by atoms with van der Waals surface area (Å²) in [6, 6.07) is 14.3. The quantitative estimate of drug-likeness (QED) is 0.349. The van der Waals surface area contributed by atoms with E-state index in [-0.39, 0.29) is 51.0 Å². The molecule has 1 fully saturated rings. The first-order chi connectivity index (χ1) is 17.4.